The van der Waals surface area contributed by atoms with Gasteiger partial charge in [-0.2, -0.15) is 8.78 Å². The van der Waals surface area contributed by atoms with Crippen molar-refractivity contribution >= 4 is 11.0 Å². The number of aryl methyl sites for hydroxylation is 2. The highest BCUT2D eigenvalue weighted by molar-refractivity contribution is 5.77. The lowest BCUT2D eigenvalue weighted by Gasteiger charge is -2.13. The first-order valence-corrected chi connectivity index (χ1v) is 7.11. The second-order valence-electron chi connectivity index (χ2n) is 5.33. The Labute approximate surface area is 131 Å². The van der Waals surface area contributed by atoms with Crippen molar-refractivity contribution in [2.24, 2.45) is 0 Å². The van der Waals surface area contributed by atoms with E-state index >= 15 is 0 Å². The van der Waals surface area contributed by atoms with Gasteiger partial charge >= 0.3 is 6.61 Å². The molecule has 0 fully saturated rings. The molecule has 23 heavy (non-hydrogen) atoms. The lowest BCUT2D eigenvalue weighted by atomic mass is 10.1. The van der Waals surface area contributed by atoms with Gasteiger partial charge in [-0.05, 0) is 43.7 Å². The van der Waals surface area contributed by atoms with Crippen molar-refractivity contribution in [3.05, 3.63) is 59.2 Å². The highest BCUT2D eigenvalue weighted by atomic mass is 19.3. The van der Waals surface area contributed by atoms with Crippen LogP contribution >= 0.6 is 0 Å². The van der Waals surface area contributed by atoms with E-state index in [1.165, 1.54) is 18.2 Å². The standard InChI is InChI=1S/C17H15F3N2O/c1-10-6-7-14-15(8-10)22(11(2)21-14)9-12-13(18)4-3-5-16(12)23-17(19)20/h3-8,17H,9H2,1-2H3. The summed E-state index contributed by atoms with van der Waals surface area (Å²) in [7, 11) is 0. The molecule has 6 heteroatoms. The normalized spacial score (nSPS) is 11.4. The number of imidazole rings is 1. The third kappa shape index (κ3) is 3.02. The Bertz CT molecular complexity index is 858. The Morgan fingerprint density at radius 1 is 1.17 bits per heavy atom. The molecule has 0 atom stereocenters. The number of aromatic nitrogens is 2. The molecule has 0 unspecified atom stereocenters. The van der Waals surface area contributed by atoms with E-state index in [1.54, 1.807) is 11.5 Å². The molecule has 0 bridgehead atoms. The zero-order valence-corrected chi connectivity index (χ0v) is 12.7. The van der Waals surface area contributed by atoms with Crippen LogP contribution in [0.25, 0.3) is 11.0 Å². The third-order valence-electron chi connectivity index (χ3n) is 3.70. The fourth-order valence-electron chi connectivity index (χ4n) is 2.61. The summed E-state index contributed by atoms with van der Waals surface area (Å²) in [5.41, 5.74) is 2.72. The van der Waals surface area contributed by atoms with Crippen LogP contribution in [-0.4, -0.2) is 16.2 Å². The van der Waals surface area contributed by atoms with Crippen molar-refractivity contribution in [3.8, 4) is 5.75 Å². The summed E-state index contributed by atoms with van der Waals surface area (Å²) in [4.78, 5) is 4.42. The molecule has 3 rings (SSSR count). The summed E-state index contributed by atoms with van der Waals surface area (Å²) < 4.78 is 45.4. The maximum absolute atomic E-state index is 14.1. The molecule has 0 N–H and O–H groups in total. The number of nitrogens with zero attached hydrogens (tertiary/aromatic N) is 2. The summed E-state index contributed by atoms with van der Waals surface area (Å²) in [6, 6.07) is 9.67. The molecule has 0 saturated heterocycles. The van der Waals surface area contributed by atoms with Gasteiger partial charge in [0, 0.05) is 5.56 Å². The van der Waals surface area contributed by atoms with Gasteiger partial charge in [0.15, 0.2) is 0 Å². The van der Waals surface area contributed by atoms with Crippen LogP contribution in [0.1, 0.15) is 17.0 Å². The van der Waals surface area contributed by atoms with Crippen molar-refractivity contribution in [3.63, 3.8) is 0 Å². The van der Waals surface area contributed by atoms with Crippen LogP contribution < -0.4 is 4.74 Å². The molecule has 0 radical (unpaired) electrons. The minimum Gasteiger partial charge on any atom is -0.434 e. The van der Waals surface area contributed by atoms with Gasteiger partial charge in [0.2, 0.25) is 0 Å². The lowest BCUT2D eigenvalue weighted by molar-refractivity contribution is -0.0506. The molecule has 2 aromatic carbocycles. The van der Waals surface area contributed by atoms with Crippen LogP contribution in [0.3, 0.4) is 0 Å². The van der Waals surface area contributed by atoms with E-state index < -0.39 is 12.4 Å². The monoisotopic (exact) mass is 320 g/mol. The van der Waals surface area contributed by atoms with Gasteiger partial charge in [0.1, 0.15) is 17.4 Å². The smallest absolute Gasteiger partial charge is 0.387 e. The average Bonchev–Trinajstić information content (AvgIpc) is 2.77. The van der Waals surface area contributed by atoms with Gasteiger partial charge < -0.3 is 9.30 Å². The predicted molar refractivity (Wildman–Crippen MR) is 81.3 cm³/mol. The van der Waals surface area contributed by atoms with Crippen LogP contribution in [0.15, 0.2) is 36.4 Å². The fraction of sp³-hybridized carbons (Fsp3) is 0.235. The van der Waals surface area contributed by atoms with Crippen molar-refractivity contribution in [2.75, 3.05) is 0 Å². The Balaban J connectivity index is 2.09. The Morgan fingerprint density at radius 3 is 2.70 bits per heavy atom. The third-order valence-corrected chi connectivity index (χ3v) is 3.70. The van der Waals surface area contributed by atoms with Gasteiger partial charge in [0.05, 0.1) is 17.6 Å². The largest absolute Gasteiger partial charge is 0.434 e. The zero-order chi connectivity index (χ0) is 16.6. The minimum absolute atomic E-state index is 0.0700. The number of hydrogen-bond acceptors (Lipinski definition) is 2. The molecule has 0 amide bonds. The minimum atomic E-state index is -3.00. The predicted octanol–water partition coefficient (Wildman–Crippen LogP) is 4.44. The average molecular weight is 320 g/mol. The lowest BCUT2D eigenvalue weighted by Crippen LogP contribution is -2.09. The van der Waals surface area contributed by atoms with Gasteiger partial charge in [-0.1, -0.05) is 12.1 Å². The van der Waals surface area contributed by atoms with Crippen LogP contribution in [-0.2, 0) is 6.54 Å². The van der Waals surface area contributed by atoms with Crippen LogP contribution in [0.5, 0.6) is 5.75 Å². The maximum Gasteiger partial charge on any atom is 0.387 e. The number of rotatable bonds is 4. The first-order valence-electron chi connectivity index (χ1n) is 7.11. The van der Waals surface area contributed by atoms with E-state index in [0.717, 1.165) is 16.6 Å². The Hall–Kier alpha value is -2.50. The zero-order valence-electron chi connectivity index (χ0n) is 12.7. The Kier molecular flexibility index (Phi) is 3.98. The molecule has 1 aromatic heterocycles. The second kappa shape index (κ2) is 5.95. The van der Waals surface area contributed by atoms with E-state index in [2.05, 4.69) is 9.72 Å². The molecule has 3 nitrogen and oxygen atoms in total. The van der Waals surface area contributed by atoms with Gasteiger partial charge in [-0.15, -0.1) is 0 Å². The van der Waals surface area contributed by atoms with Gasteiger partial charge in [0.25, 0.3) is 0 Å². The quantitative estimate of drug-likeness (QED) is 0.710. The highest BCUT2D eigenvalue weighted by Gasteiger charge is 2.16. The molecule has 0 aliphatic carbocycles. The number of benzene rings is 2. The number of hydrogen-bond donors (Lipinski definition) is 0. The molecular weight excluding hydrogens is 305 g/mol. The Morgan fingerprint density at radius 2 is 1.96 bits per heavy atom. The molecule has 0 saturated carbocycles. The molecule has 1 heterocycles. The second-order valence-corrected chi connectivity index (χ2v) is 5.33. The maximum atomic E-state index is 14.1. The first kappa shape index (κ1) is 15.4. The van der Waals surface area contributed by atoms with Gasteiger partial charge in [-0.3, -0.25) is 0 Å². The first-order chi connectivity index (χ1) is 11.0. The fourth-order valence-corrected chi connectivity index (χ4v) is 2.61. The van der Waals surface area contributed by atoms with Gasteiger partial charge in [-0.25, -0.2) is 9.37 Å². The van der Waals surface area contributed by atoms with Crippen LogP contribution in [0, 0.1) is 19.7 Å². The SMILES string of the molecule is Cc1ccc2nc(C)n(Cc3c(F)cccc3OC(F)F)c2c1. The van der Waals surface area contributed by atoms with E-state index in [4.69, 9.17) is 0 Å². The van der Waals surface area contributed by atoms with E-state index in [-0.39, 0.29) is 17.9 Å². The summed E-state index contributed by atoms with van der Waals surface area (Å²) >= 11 is 0. The number of ether oxygens (including phenoxy) is 1. The van der Waals surface area contributed by atoms with Crippen molar-refractivity contribution in [1.29, 1.82) is 0 Å². The highest BCUT2D eigenvalue weighted by Crippen LogP contribution is 2.27. The van der Waals surface area contributed by atoms with Crippen molar-refractivity contribution in [1.82, 2.24) is 9.55 Å². The summed E-state index contributed by atoms with van der Waals surface area (Å²) in [5.74, 6) is -0.0668. The molecule has 120 valence electrons. The number of fused-ring (bicyclic) bond motifs is 1. The van der Waals surface area contributed by atoms with Crippen molar-refractivity contribution < 1.29 is 17.9 Å². The van der Waals surface area contributed by atoms with E-state index in [0.29, 0.717) is 5.82 Å². The summed E-state index contributed by atoms with van der Waals surface area (Å²) in [6.07, 6.45) is 0. The van der Waals surface area contributed by atoms with E-state index in [9.17, 15) is 13.2 Å². The molecule has 0 aliphatic heterocycles. The number of alkyl halides is 2. The molecule has 3 aromatic rings. The molecule has 0 aliphatic rings. The van der Waals surface area contributed by atoms with Crippen molar-refractivity contribution in [2.45, 2.75) is 27.0 Å². The number of halogens is 3. The van der Waals surface area contributed by atoms with Crippen LogP contribution in [0.2, 0.25) is 0 Å². The topological polar surface area (TPSA) is 27.1 Å². The summed E-state index contributed by atoms with van der Waals surface area (Å²) in [6.45, 7) is 0.809. The molecule has 0 spiro atoms. The summed E-state index contributed by atoms with van der Waals surface area (Å²) in [5, 5.41) is 0. The molecular formula is C17H15F3N2O. The van der Waals surface area contributed by atoms with E-state index in [1.807, 2.05) is 25.1 Å². The van der Waals surface area contributed by atoms with Crippen LogP contribution in [0.4, 0.5) is 13.2 Å².